The molecule has 272 valence electrons. The Balaban J connectivity index is 4.29. The maximum Gasteiger partial charge on any atom is 0.326 e. The summed E-state index contributed by atoms with van der Waals surface area (Å²) < 4.78 is 5.85. The van der Waals surface area contributed by atoms with Crippen LogP contribution in [0.25, 0.3) is 0 Å². The van der Waals surface area contributed by atoms with Crippen LogP contribution >= 0.6 is 0 Å². The summed E-state index contributed by atoms with van der Waals surface area (Å²) in [6.45, 7) is 4.70. The van der Waals surface area contributed by atoms with Gasteiger partial charge in [0.1, 0.15) is 12.1 Å². The van der Waals surface area contributed by atoms with Gasteiger partial charge in [0.2, 0.25) is 5.91 Å². The van der Waals surface area contributed by atoms with Gasteiger partial charge in [-0.05, 0) is 103 Å². The van der Waals surface area contributed by atoms with Crippen molar-refractivity contribution in [2.45, 2.75) is 161 Å². The first-order chi connectivity index (χ1) is 23.4. The van der Waals surface area contributed by atoms with Crippen LogP contribution in [0.4, 0.5) is 0 Å². The SMILES string of the molecule is CC/C=C\C/C=C\C/C=C\C/C=C\CCCCCCC(=O)OC(/C=C\C/C=C\CCC)CCCCCCC(=O)NC(CCCN)C(=O)O. The van der Waals surface area contributed by atoms with Crippen molar-refractivity contribution in [3.05, 3.63) is 72.9 Å². The first-order valence-corrected chi connectivity index (χ1v) is 18.8. The van der Waals surface area contributed by atoms with Crippen LogP contribution < -0.4 is 11.1 Å². The molecular formula is C41H68N2O5. The normalized spacial score (nSPS) is 13.6. The topological polar surface area (TPSA) is 119 Å². The molecule has 4 N–H and O–H groups in total. The predicted octanol–water partition coefficient (Wildman–Crippen LogP) is 10.00. The van der Waals surface area contributed by atoms with Gasteiger partial charge in [-0.15, -0.1) is 0 Å². The molecule has 0 rings (SSSR count). The number of amides is 1. The minimum atomic E-state index is -1.02. The Hall–Kier alpha value is -3.19. The average Bonchev–Trinajstić information content (AvgIpc) is 3.07. The number of carbonyl (C=O) groups is 3. The van der Waals surface area contributed by atoms with E-state index < -0.39 is 12.0 Å². The average molecular weight is 669 g/mol. The zero-order valence-electron chi connectivity index (χ0n) is 30.3. The van der Waals surface area contributed by atoms with Crippen LogP contribution in [0, 0.1) is 0 Å². The number of rotatable bonds is 32. The maximum atomic E-state index is 12.6. The number of nitrogens with two attached hydrogens (primary N) is 1. The van der Waals surface area contributed by atoms with E-state index in [1.165, 1.54) is 0 Å². The Morgan fingerprint density at radius 2 is 1.21 bits per heavy atom. The van der Waals surface area contributed by atoms with Crippen molar-refractivity contribution >= 4 is 17.8 Å². The van der Waals surface area contributed by atoms with Crippen LogP contribution in [-0.2, 0) is 19.1 Å². The lowest BCUT2D eigenvalue weighted by Crippen LogP contribution is -2.40. The number of aliphatic carboxylic acids is 1. The number of carbonyl (C=O) groups excluding carboxylic acids is 2. The fourth-order valence-corrected chi connectivity index (χ4v) is 4.92. The second kappa shape index (κ2) is 35.1. The van der Waals surface area contributed by atoms with E-state index in [1.807, 2.05) is 6.08 Å². The summed E-state index contributed by atoms with van der Waals surface area (Å²) in [7, 11) is 0. The van der Waals surface area contributed by atoms with Crippen molar-refractivity contribution in [1.82, 2.24) is 5.32 Å². The molecular weight excluding hydrogens is 600 g/mol. The van der Waals surface area contributed by atoms with Crippen molar-refractivity contribution < 1.29 is 24.2 Å². The molecule has 0 radical (unpaired) electrons. The van der Waals surface area contributed by atoms with Gasteiger partial charge >= 0.3 is 11.9 Å². The number of unbranched alkanes of at least 4 members (excludes halogenated alkanes) is 8. The molecule has 0 aromatic rings. The van der Waals surface area contributed by atoms with Crippen LogP contribution in [-0.4, -0.2) is 41.6 Å². The van der Waals surface area contributed by atoms with Gasteiger partial charge in [0, 0.05) is 12.8 Å². The molecule has 1 amide bonds. The van der Waals surface area contributed by atoms with E-state index in [9.17, 15) is 19.5 Å². The van der Waals surface area contributed by atoms with Crippen LogP contribution in [0.2, 0.25) is 0 Å². The van der Waals surface area contributed by atoms with E-state index in [1.54, 1.807) is 0 Å². The van der Waals surface area contributed by atoms with Gasteiger partial charge in [-0.2, -0.15) is 0 Å². The molecule has 2 unspecified atom stereocenters. The molecule has 7 nitrogen and oxygen atoms in total. The largest absolute Gasteiger partial charge is 0.480 e. The molecule has 0 aliphatic heterocycles. The van der Waals surface area contributed by atoms with Crippen molar-refractivity contribution in [3.8, 4) is 0 Å². The van der Waals surface area contributed by atoms with Gasteiger partial charge < -0.3 is 20.9 Å². The Labute approximate surface area is 292 Å². The zero-order valence-corrected chi connectivity index (χ0v) is 30.3. The van der Waals surface area contributed by atoms with Gasteiger partial charge in [0.05, 0.1) is 0 Å². The highest BCUT2D eigenvalue weighted by molar-refractivity contribution is 5.83. The summed E-state index contributed by atoms with van der Waals surface area (Å²) in [5.74, 6) is -1.39. The fourth-order valence-electron chi connectivity index (χ4n) is 4.92. The molecule has 0 heterocycles. The molecule has 7 heteroatoms. The third-order valence-electron chi connectivity index (χ3n) is 7.72. The Morgan fingerprint density at radius 3 is 1.83 bits per heavy atom. The number of hydrogen-bond donors (Lipinski definition) is 3. The molecule has 2 atom stereocenters. The number of allylic oxidation sites excluding steroid dienone is 11. The maximum absolute atomic E-state index is 12.6. The van der Waals surface area contributed by atoms with Gasteiger partial charge in [-0.3, -0.25) is 9.59 Å². The molecule has 48 heavy (non-hydrogen) atoms. The first kappa shape index (κ1) is 44.8. The lowest BCUT2D eigenvalue weighted by molar-refractivity contribution is -0.147. The quantitative estimate of drug-likeness (QED) is 0.0373. The third kappa shape index (κ3) is 31.4. The Kier molecular flexibility index (Phi) is 32.8. The second-order valence-electron chi connectivity index (χ2n) is 12.2. The predicted molar refractivity (Wildman–Crippen MR) is 202 cm³/mol. The highest BCUT2D eigenvalue weighted by atomic mass is 16.5. The van der Waals surface area contributed by atoms with E-state index in [2.05, 4.69) is 86.0 Å². The molecule has 0 bridgehead atoms. The number of esters is 1. The van der Waals surface area contributed by atoms with E-state index in [-0.39, 0.29) is 18.0 Å². The van der Waals surface area contributed by atoms with Crippen molar-refractivity contribution in [2.75, 3.05) is 6.54 Å². The minimum absolute atomic E-state index is 0.135. The van der Waals surface area contributed by atoms with Gasteiger partial charge in [-0.1, -0.05) is 113 Å². The van der Waals surface area contributed by atoms with E-state index in [4.69, 9.17) is 10.5 Å². The van der Waals surface area contributed by atoms with Gasteiger partial charge in [0.15, 0.2) is 0 Å². The Morgan fingerprint density at radius 1 is 0.646 bits per heavy atom. The lowest BCUT2D eigenvalue weighted by Gasteiger charge is -2.15. The Bertz CT molecular complexity index is 979. The van der Waals surface area contributed by atoms with Crippen LogP contribution in [0.1, 0.15) is 149 Å². The van der Waals surface area contributed by atoms with Crippen molar-refractivity contribution in [1.29, 1.82) is 0 Å². The molecule has 0 aromatic carbocycles. The standard InChI is InChI=1S/C41H68N2O5/c1-3-5-7-9-11-12-13-14-15-16-17-18-19-20-21-23-29-35-40(45)48-37(31-26-22-10-8-6-4-2)32-27-24-25-28-34-39(44)43-38(41(46)47)33-30-36-42/h5,7-8,10-12,14-15,17-18,26,31,37-38H,3-4,6,9,13,16,19-25,27-30,32-36,42H2,1-2H3,(H,43,44)(H,46,47)/b7-5-,10-8-,12-11-,15-14-,18-17-,31-26-. The molecule has 0 aliphatic carbocycles. The smallest absolute Gasteiger partial charge is 0.326 e. The van der Waals surface area contributed by atoms with Crippen molar-refractivity contribution in [3.63, 3.8) is 0 Å². The van der Waals surface area contributed by atoms with E-state index >= 15 is 0 Å². The van der Waals surface area contributed by atoms with Crippen LogP contribution in [0.5, 0.6) is 0 Å². The summed E-state index contributed by atoms with van der Waals surface area (Å²) in [4.78, 5) is 36.1. The number of carboxylic acid groups (broad SMARTS) is 1. The summed E-state index contributed by atoms with van der Waals surface area (Å²) in [6.07, 6.45) is 44.0. The molecule has 0 aliphatic rings. The van der Waals surface area contributed by atoms with Crippen LogP contribution in [0.3, 0.4) is 0 Å². The number of hydrogen-bond acceptors (Lipinski definition) is 5. The number of carboxylic acids is 1. The highest BCUT2D eigenvalue weighted by Gasteiger charge is 2.18. The minimum Gasteiger partial charge on any atom is -0.480 e. The third-order valence-corrected chi connectivity index (χ3v) is 7.72. The number of ether oxygens (including phenoxy) is 1. The van der Waals surface area contributed by atoms with Gasteiger partial charge in [0.25, 0.3) is 0 Å². The van der Waals surface area contributed by atoms with Crippen LogP contribution in [0.15, 0.2) is 72.9 Å². The molecule has 0 spiro atoms. The van der Waals surface area contributed by atoms with Gasteiger partial charge in [-0.25, -0.2) is 4.79 Å². The van der Waals surface area contributed by atoms with E-state index in [0.717, 1.165) is 103 Å². The fraction of sp³-hybridized carbons (Fsp3) is 0.634. The molecule has 0 saturated heterocycles. The number of nitrogens with one attached hydrogen (secondary N) is 1. The highest BCUT2D eigenvalue weighted by Crippen LogP contribution is 2.14. The second-order valence-corrected chi connectivity index (χ2v) is 12.2. The molecule has 0 aromatic heterocycles. The summed E-state index contributed by atoms with van der Waals surface area (Å²) >= 11 is 0. The summed E-state index contributed by atoms with van der Waals surface area (Å²) in [5.41, 5.74) is 5.46. The summed E-state index contributed by atoms with van der Waals surface area (Å²) in [6, 6.07) is -0.879. The van der Waals surface area contributed by atoms with Crippen molar-refractivity contribution in [2.24, 2.45) is 5.73 Å². The first-order valence-electron chi connectivity index (χ1n) is 18.8. The lowest BCUT2D eigenvalue weighted by atomic mass is 10.1. The monoisotopic (exact) mass is 669 g/mol. The summed E-state index contributed by atoms with van der Waals surface area (Å²) in [5, 5.41) is 11.9. The molecule has 0 fully saturated rings. The zero-order chi connectivity index (χ0) is 35.3. The van der Waals surface area contributed by atoms with E-state index in [0.29, 0.717) is 38.6 Å². The molecule has 0 saturated carbocycles.